The van der Waals surface area contributed by atoms with Gasteiger partial charge in [-0.25, -0.2) is 18.2 Å². The second-order valence-electron chi connectivity index (χ2n) is 7.11. The van der Waals surface area contributed by atoms with Gasteiger partial charge in [-0.2, -0.15) is 9.97 Å². The number of fused-ring (bicyclic) bond motifs is 1. The average molecular weight is 476 g/mol. The molecule has 12 heteroatoms. The van der Waals surface area contributed by atoms with E-state index in [0.29, 0.717) is 12.5 Å². The third-order valence-corrected chi connectivity index (χ3v) is 5.28. The first-order valence-corrected chi connectivity index (χ1v) is 10.1. The Morgan fingerprint density at radius 2 is 1.79 bits per heavy atom. The van der Waals surface area contributed by atoms with Crippen LogP contribution >= 0.6 is 11.6 Å². The van der Waals surface area contributed by atoms with Crippen LogP contribution in [-0.2, 0) is 0 Å². The lowest BCUT2D eigenvalue weighted by Crippen LogP contribution is -2.29. The van der Waals surface area contributed by atoms with Gasteiger partial charge < -0.3 is 16.8 Å². The number of nitrogen functional groups attached to an aromatic ring is 2. The highest BCUT2D eigenvalue weighted by molar-refractivity contribution is 6.35. The van der Waals surface area contributed by atoms with Crippen LogP contribution in [0.4, 0.5) is 30.8 Å². The molecule has 2 aromatic heterocycles. The van der Waals surface area contributed by atoms with Crippen molar-refractivity contribution in [3.8, 4) is 5.69 Å². The number of nitrogens with two attached hydrogens (primary N) is 2. The highest BCUT2D eigenvalue weighted by Gasteiger charge is 2.24. The number of rotatable bonds is 5. The van der Waals surface area contributed by atoms with E-state index in [1.54, 1.807) is 6.92 Å². The minimum absolute atomic E-state index is 0.0137. The van der Waals surface area contributed by atoms with Crippen LogP contribution in [-0.4, -0.2) is 19.5 Å². The molecule has 0 aliphatic heterocycles. The topological polar surface area (TPSA) is 125 Å². The van der Waals surface area contributed by atoms with Gasteiger partial charge in [-0.05, 0) is 30.7 Å². The van der Waals surface area contributed by atoms with E-state index in [2.05, 4.69) is 20.3 Å². The molecule has 4 rings (SSSR count). The van der Waals surface area contributed by atoms with Gasteiger partial charge in [0.15, 0.2) is 5.82 Å². The van der Waals surface area contributed by atoms with E-state index in [1.807, 2.05) is 0 Å². The predicted molar refractivity (Wildman–Crippen MR) is 120 cm³/mol. The van der Waals surface area contributed by atoms with Crippen LogP contribution in [0.3, 0.4) is 0 Å². The third-order valence-electron chi connectivity index (χ3n) is 4.90. The Balaban J connectivity index is 2.00. The van der Waals surface area contributed by atoms with Crippen LogP contribution in [0.15, 0.2) is 41.2 Å². The lowest BCUT2D eigenvalue weighted by atomic mass is 10.1. The summed E-state index contributed by atoms with van der Waals surface area (Å²) in [7, 11) is 0. The number of benzene rings is 2. The van der Waals surface area contributed by atoms with Crippen molar-refractivity contribution in [2.75, 3.05) is 16.8 Å². The summed E-state index contributed by atoms with van der Waals surface area (Å²) in [6.07, 6.45) is 0.311. The molecule has 2 heterocycles. The van der Waals surface area contributed by atoms with Gasteiger partial charge in [0, 0.05) is 6.07 Å². The van der Waals surface area contributed by atoms with Gasteiger partial charge >= 0.3 is 0 Å². The fraction of sp³-hybridized carbons (Fsp3) is 0.143. The van der Waals surface area contributed by atoms with Gasteiger partial charge in [-0.3, -0.25) is 9.36 Å². The van der Waals surface area contributed by atoms with Crippen molar-refractivity contribution in [2.45, 2.75) is 19.4 Å². The Morgan fingerprint density at radius 3 is 2.45 bits per heavy atom. The summed E-state index contributed by atoms with van der Waals surface area (Å²) in [6, 6.07) is 5.74. The lowest BCUT2D eigenvalue weighted by molar-refractivity contribution is 0.578. The standard InChI is InChI=1S/C21H17ClF3N7O/c1-2-13(28-18-16(22)17(26)30-21(27)31-18)19-29-14-5-3-4-12(25)15(14)20(33)32(19)11-7-9(23)6-10(24)8-11/h3-8,13H,2H2,1H3,(H5,26,27,28,30,31)/t13-/m0/s1. The summed E-state index contributed by atoms with van der Waals surface area (Å²) < 4.78 is 43.5. The zero-order valence-corrected chi connectivity index (χ0v) is 17.9. The van der Waals surface area contributed by atoms with Crippen molar-refractivity contribution in [1.29, 1.82) is 0 Å². The van der Waals surface area contributed by atoms with Crippen molar-refractivity contribution in [3.05, 3.63) is 75.1 Å². The fourth-order valence-electron chi connectivity index (χ4n) is 3.45. The molecule has 0 fully saturated rings. The molecule has 0 spiro atoms. The van der Waals surface area contributed by atoms with Gasteiger partial charge in [-0.1, -0.05) is 24.6 Å². The lowest BCUT2D eigenvalue weighted by Gasteiger charge is -2.23. The Labute approximate surface area is 190 Å². The minimum atomic E-state index is -0.920. The van der Waals surface area contributed by atoms with Gasteiger partial charge in [0.05, 0.1) is 17.2 Å². The Bertz CT molecular complexity index is 1420. The summed E-state index contributed by atoms with van der Waals surface area (Å²) in [5.41, 5.74) is 10.5. The van der Waals surface area contributed by atoms with E-state index in [9.17, 15) is 18.0 Å². The van der Waals surface area contributed by atoms with Crippen LogP contribution in [0.1, 0.15) is 25.2 Å². The molecule has 0 amide bonds. The van der Waals surface area contributed by atoms with Crippen molar-refractivity contribution >= 4 is 40.1 Å². The molecule has 8 nitrogen and oxygen atoms in total. The molecule has 1 atom stereocenters. The second-order valence-corrected chi connectivity index (χ2v) is 7.48. The number of nitrogens with zero attached hydrogens (tertiary/aromatic N) is 4. The summed E-state index contributed by atoms with van der Waals surface area (Å²) in [5, 5.41) is 2.66. The van der Waals surface area contributed by atoms with Crippen LogP contribution in [0.2, 0.25) is 5.02 Å². The maximum atomic E-state index is 14.5. The first kappa shape index (κ1) is 22.3. The first-order chi connectivity index (χ1) is 15.7. The Hall–Kier alpha value is -3.86. The monoisotopic (exact) mass is 475 g/mol. The maximum absolute atomic E-state index is 14.5. The molecule has 0 bridgehead atoms. The molecule has 33 heavy (non-hydrogen) atoms. The quantitative estimate of drug-likeness (QED) is 0.398. The molecule has 170 valence electrons. The molecule has 0 aliphatic rings. The summed E-state index contributed by atoms with van der Waals surface area (Å²) in [4.78, 5) is 25.6. The molecule has 5 N–H and O–H groups in total. The predicted octanol–water partition coefficient (Wildman–Crippen LogP) is 3.97. The van der Waals surface area contributed by atoms with Crippen molar-refractivity contribution in [2.24, 2.45) is 0 Å². The van der Waals surface area contributed by atoms with Crippen LogP contribution < -0.4 is 22.3 Å². The van der Waals surface area contributed by atoms with Gasteiger partial charge in [0.25, 0.3) is 5.56 Å². The molecular weight excluding hydrogens is 459 g/mol. The third kappa shape index (κ3) is 4.14. The number of aromatic nitrogens is 4. The van der Waals surface area contributed by atoms with E-state index >= 15 is 0 Å². The number of hydrogen-bond donors (Lipinski definition) is 3. The summed E-state index contributed by atoms with van der Waals surface area (Å²) >= 11 is 6.19. The molecule has 0 saturated heterocycles. The molecule has 0 radical (unpaired) electrons. The number of anilines is 3. The van der Waals surface area contributed by atoms with Gasteiger partial charge in [-0.15, -0.1) is 0 Å². The minimum Gasteiger partial charge on any atom is -0.382 e. The number of hydrogen-bond acceptors (Lipinski definition) is 7. The molecular formula is C21H17ClF3N7O. The zero-order valence-electron chi connectivity index (χ0n) is 17.1. The van der Waals surface area contributed by atoms with E-state index in [4.69, 9.17) is 23.1 Å². The van der Waals surface area contributed by atoms with E-state index in [-0.39, 0.29) is 45.0 Å². The number of nitrogens with one attached hydrogen (secondary N) is 1. The molecule has 0 unspecified atom stereocenters. The van der Waals surface area contributed by atoms with Crippen LogP contribution in [0.25, 0.3) is 16.6 Å². The summed E-state index contributed by atoms with van der Waals surface area (Å²) in [6.45, 7) is 1.76. The van der Waals surface area contributed by atoms with Crippen molar-refractivity contribution in [1.82, 2.24) is 19.5 Å². The highest BCUT2D eigenvalue weighted by atomic mass is 35.5. The SMILES string of the molecule is CC[C@H](Nc1nc(N)nc(N)c1Cl)c1nc2cccc(F)c2c(=O)n1-c1cc(F)cc(F)c1. The zero-order chi connectivity index (χ0) is 23.9. The Kier molecular flexibility index (Phi) is 5.81. The molecule has 0 saturated carbocycles. The van der Waals surface area contributed by atoms with E-state index < -0.39 is 29.1 Å². The normalized spacial score (nSPS) is 12.2. The first-order valence-electron chi connectivity index (χ1n) is 9.72. The molecule has 4 aromatic rings. The Morgan fingerprint density at radius 1 is 1.09 bits per heavy atom. The van der Waals surface area contributed by atoms with Crippen LogP contribution in [0.5, 0.6) is 0 Å². The van der Waals surface area contributed by atoms with Gasteiger partial charge in [0.1, 0.15) is 39.5 Å². The van der Waals surface area contributed by atoms with Crippen molar-refractivity contribution < 1.29 is 13.2 Å². The molecule has 2 aromatic carbocycles. The van der Waals surface area contributed by atoms with E-state index in [1.165, 1.54) is 12.1 Å². The van der Waals surface area contributed by atoms with Crippen molar-refractivity contribution in [3.63, 3.8) is 0 Å². The largest absolute Gasteiger partial charge is 0.382 e. The molecule has 0 aliphatic carbocycles. The highest BCUT2D eigenvalue weighted by Crippen LogP contribution is 2.31. The smallest absolute Gasteiger partial charge is 0.269 e. The van der Waals surface area contributed by atoms with Crippen LogP contribution in [0, 0.1) is 17.5 Å². The summed E-state index contributed by atoms with van der Waals surface area (Å²) in [5.74, 6) is -2.76. The maximum Gasteiger partial charge on any atom is 0.269 e. The average Bonchev–Trinajstić information content (AvgIpc) is 2.74. The second kappa shape index (κ2) is 8.58. The fourth-order valence-corrected chi connectivity index (χ4v) is 3.59. The van der Waals surface area contributed by atoms with Gasteiger partial charge in [0.2, 0.25) is 5.95 Å². The number of halogens is 4. The van der Waals surface area contributed by atoms with E-state index in [0.717, 1.165) is 22.8 Å².